The fourth-order valence-corrected chi connectivity index (χ4v) is 1.44. The molecule has 1 amide bonds. The summed E-state index contributed by atoms with van der Waals surface area (Å²) in [5.41, 5.74) is 6.21. The molecule has 0 aliphatic carbocycles. The molecule has 5 N–H and O–H groups in total. The lowest BCUT2D eigenvalue weighted by atomic mass is 10.3. The van der Waals surface area contributed by atoms with Crippen molar-refractivity contribution < 1.29 is 8.68 Å². The SMILES string of the molecule is CC(C)NC(=O)CN(N)/C=C(\N)CCCSF. The van der Waals surface area contributed by atoms with Gasteiger partial charge in [0.25, 0.3) is 0 Å². The van der Waals surface area contributed by atoms with Crippen molar-refractivity contribution in [3.8, 4) is 0 Å². The van der Waals surface area contributed by atoms with Gasteiger partial charge in [0.1, 0.15) is 6.54 Å². The summed E-state index contributed by atoms with van der Waals surface area (Å²) in [5.74, 6) is 5.84. The Labute approximate surface area is 106 Å². The Hall–Kier alpha value is -0.950. The average molecular weight is 264 g/mol. The van der Waals surface area contributed by atoms with Gasteiger partial charge in [0.05, 0.1) is 0 Å². The normalized spacial score (nSPS) is 11.7. The lowest BCUT2D eigenvalue weighted by molar-refractivity contribution is -0.122. The van der Waals surface area contributed by atoms with Crippen LogP contribution in [0, 0.1) is 0 Å². The number of nitrogens with zero attached hydrogens (tertiary/aromatic N) is 1. The molecular weight excluding hydrogens is 243 g/mol. The molecule has 0 saturated carbocycles. The van der Waals surface area contributed by atoms with Crippen molar-refractivity contribution in [2.45, 2.75) is 32.7 Å². The number of hydrogen-bond donors (Lipinski definition) is 3. The zero-order chi connectivity index (χ0) is 13.3. The third-order valence-electron chi connectivity index (χ3n) is 1.79. The fraction of sp³-hybridized carbons (Fsp3) is 0.700. The first kappa shape index (κ1) is 16.1. The lowest BCUT2D eigenvalue weighted by Crippen LogP contribution is -2.41. The highest BCUT2D eigenvalue weighted by Crippen LogP contribution is 2.07. The largest absolute Gasteiger partial charge is 0.401 e. The quantitative estimate of drug-likeness (QED) is 0.344. The van der Waals surface area contributed by atoms with E-state index in [1.165, 1.54) is 11.2 Å². The third-order valence-corrected chi connectivity index (χ3v) is 2.24. The van der Waals surface area contributed by atoms with Crippen LogP contribution in [-0.4, -0.2) is 29.3 Å². The van der Waals surface area contributed by atoms with E-state index >= 15 is 0 Å². The number of carbonyl (C=O) groups excluding carboxylic acids is 1. The topological polar surface area (TPSA) is 84.4 Å². The van der Waals surface area contributed by atoms with Gasteiger partial charge in [0, 0.05) is 35.8 Å². The van der Waals surface area contributed by atoms with Gasteiger partial charge >= 0.3 is 0 Å². The average Bonchev–Trinajstić information content (AvgIpc) is 2.15. The molecule has 0 aliphatic rings. The van der Waals surface area contributed by atoms with Crippen LogP contribution in [0.25, 0.3) is 0 Å². The predicted octanol–water partition coefficient (Wildman–Crippen LogP) is 0.885. The highest BCUT2D eigenvalue weighted by atomic mass is 32.2. The van der Waals surface area contributed by atoms with Crippen LogP contribution in [0.2, 0.25) is 0 Å². The molecule has 0 spiro atoms. The summed E-state index contributed by atoms with van der Waals surface area (Å²) in [7, 11) is 0. The number of hydrogen-bond acceptors (Lipinski definition) is 5. The zero-order valence-corrected chi connectivity index (χ0v) is 11.1. The first-order valence-corrected chi connectivity index (χ1v) is 6.34. The second kappa shape index (κ2) is 9.12. The molecule has 0 radical (unpaired) electrons. The molecule has 0 unspecified atom stereocenters. The predicted molar refractivity (Wildman–Crippen MR) is 69.2 cm³/mol. The van der Waals surface area contributed by atoms with Crippen LogP contribution in [-0.2, 0) is 4.79 Å². The van der Waals surface area contributed by atoms with Crippen LogP contribution >= 0.6 is 12.1 Å². The van der Waals surface area contributed by atoms with Gasteiger partial charge in [-0.1, -0.05) is 0 Å². The maximum absolute atomic E-state index is 11.8. The van der Waals surface area contributed by atoms with Crippen molar-refractivity contribution in [2.24, 2.45) is 11.6 Å². The van der Waals surface area contributed by atoms with Crippen molar-refractivity contribution in [3.63, 3.8) is 0 Å². The first-order chi connectivity index (χ1) is 7.95. The molecule has 0 bridgehead atoms. The molecule has 0 saturated heterocycles. The minimum atomic E-state index is -0.161. The van der Waals surface area contributed by atoms with Gasteiger partial charge in [-0.25, -0.2) is 5.84 Å². The van der Waals surface area contributed by atoms with Crippen LogP contribution in [0.3, 0.4) is 0 Å². The summed E-state index contributed by atoms with van der Waals surface area (Å²) < 4.78 is 11.8. The molecule has 0 heterocycles. The second-order valence-corrected chi connectivity index (χ2v) is 4.64. The summed E-state index contributed by atoms with van der Waals surface area (Å²) >= 11 is 0.288. The summed E-state index contributed by atoms with van der Waals surface area (Å²) in [6.45, 7) is 3.80. The molecule has 7 heteroatoms. The van der Waals surface area contributed by atoms with Gasteiger partial charge in [0.15, 0.2) is 0 Å². The minimum Gasteiger partial charge on any atom is -0.401 e. The maximum atomic E-state index is 11.8. The Morgan fingerprint density at radius 1 is 1.59 bits per heavy atom. The van der Waals surface area contributed by atoms with Gasteiger partial charge in [0.2, 0.25) is 5.91 Å². The Morgan fingerprint density at radius 3 is 2.76 bits per heavy atom. The monoisotopic (exact) mass is 264 g/mol. The number of carbonyl (C=O) groups is 1. The number of allylic oxidation sites excluding steroid dienone is 1. The molecule has 100 valence electrons. The molecule has 17 heavy (non-hydrogen) atoms. The van der Waals surface area contributed by atoms with Crippen LogP contribution in [0.15, 0.2) is 11.9 Å². The molecule has 5 nitrogen and oxygen atoms in total. The van der Waals surface area contributed by atoms with Crippen molar-refractivity contribution in [1.82, 2.24) is 10.3 Å². The Balaban J connectivity index is 3.93. The fourth-order valence-electron chi connectivity index (χ4n) is 1.19. The van der Waals surface area contributed by atoms with E-state index in [1.807, 2.05) is 13.8 Å². The van der Waals surface area contributed by atoms with Gasteiger partial charge in [-0.3, -0.25) is 4.79 Å². The van der Waals surface area contributed by atoms with Crippen LogP contribution in [0.1, 0.15) is 26.7 Å². The number of nitrogens with two attached hydrogens (primary N) is 2. The maximum Gasteiger partial charge on any atom is 0.241 e. The Bertz CT molecular complexity index is 261. The van der Waals surface area contributed by atoms with Gasteiger partial charge in [-0.15, -0.1) is 0 Å². The highest BCUT2D eigenvalue weighted by Gasteiger charge is 2.05. The van der Waals surface area contributed by atoms with Crippen molar-refractivity contribution in [3.05, 3.63) is 11.9 Å². The molecule has 0 aromatic heterocycles. The van der Waals surface area contributed by atoms with E-state index in [9.17, 15) is 8.68 Å². The van der Waals surface area contributed by atoms with Crippen molar-refractivity contribution in [1.29, 1.82) is 0 Å². The lowest BCUT2D eigenvalue weighted by Gasteiger charge is -2.16. The molecule has 0 aliphatic heterocycles. The summed E-state index contributed by atoms with van der Waals surface area (Å²) in [5, 5.41) is 3.95. The third kappa shape index (κ3) is 9.95. The van der Waals surface area contributed by atoms with Crippen molar-refractivity contribution in [2.75, 3.05) is 12.3 Å². The van der Waals surface area contributed by atoms with E-state index < -0.39 is 0 Å². The number of amides is 1. The zero-order valence-electron chi connectivity index (χ0n) is 10.3. The number of halogens is 1. The molecular formula is C10H21FN4OS. The van der Waals surface area contributed by atoms with Gasteiger partial charge < -0.3 is 16.1 Å². The Kier molecular flexibility index (Phi) is 8.61. The summed E-state index contributed by atoms with van der Waals surface area (Å²) in [6.07, 6.45) is 2.72. The molecule has 0 fully saturated rings. The smallest absolute Gasteiger partial charge is 0.241 e. The minimum absolute atomic E-state index is 0.0523. The van der Waals surface area contributed by atoms with E-state index in [2.05, 4.69) is 5.32 Å². The molecule has 0 rings (SSSR count). The van der Waals surface area contributed by atoms with Crippen molar-refractivity contribution >= 4 is 18.1 Å². The summed E-state index contributed by atoms with van der Waals surface area (Å²) in [6, 6.07) is 0.0822. The molecule has 0 aromatic rings. The first-order valence-electron chi connectivity index (χ1n) is 5.46. The standard InChI is InChI=1S/C10H21FN4OS/c1-8(2)14-10(16)7-15(13)6-9(12)4-3-5-17-11/h6,8H,3-5,7,12-13H2,1-2H3,(H,14,16)/b9-6-. The van der Waals surface area contributed by atoms with E-state index in [0.717, 1.165) is 0 Å². The molecule has 0 atom stereocenters. The van der Waals surface area contributed by atoms with Crippen LogP contribution < -0.4 is 16.9 Å². The number of nitrogens with one attached hydrogen (secondary N) is 1. The van der Waals surface area contributed by atoms with Gasteiger partial charge in [-0.2, -0.15) is 3.89 Å². The van der Waals surface area contributed by atoms with Gasteiger partial charge in [-0.05, 0) is 26.7 Å². The van der Waals surface area contributed by atoms with Crippen LogP contribution in [0.4, 0.5) is 3.89 Å². The summed E-state index contributed by atoms with van der Waals surface area (Å²) in [4.78, 5) is 11.3. The van der Waals surface area contributed by atoms with Crippen LogP contribution in [0.5, 0.6) is 0 Å². The van der Waals surface area contributed by atoms with E-state index in [0.29, 0.717) is 24.3 Å². The molecule has 0 aromatic carbocycles. The number of rotatable bonds is 8. The number of hydrazine groups is 1. The second-order valence-electron chi connectivity index (χ2n) is 4.02. The van der Waals surface area contributed by atoms with E-state index in [4.69, 9.17) is 11.6 Å². The van der Waals surface area contributed by atoms with E-state index in [1.54, 1.807) is 0 Å². The Morgan fingerprint density at radius 2 is 2.24 bits per heavy atom. The van der Waals surface area contributed by atoms with E-state index in [-0.39, 0.29) is 30.6 Å². The highest BCUT2D eigenvalue weighted by molar-refractivity contribution is 7.94.